The number of nitriles is 1. The van der Waals surface area contributed by atoms with Crippen LogP contribution in [-0.4, -0.2) is 32.6 Å². The van der Waals surface area contributed by atoms with Crippen LogP contribution < -0.4 is 16.0 Å². The number of carbonyl (C=O) groups excluding carboxylic acids is 2. The van der Waals surface area contributed by atoms with Gasteiger partial charge < -0.3 is 11.1 Å². The van der Waals surface area contributed by atoms with Crippen molar-refractivity contribution in [3.63, 3.8) is 0 Å². The van der Waals surface area contributed by atoms with E-state index in [4.69, 9.17) is 5.73 Å². The van der Waals surface area contributed by atoms with E-state index in [1.54, 1.807) is 11.0 Å². The largest absolute Gasteiger partial charge is 0.384 e. The molecule has 1 aliphatic heterocycles. The van der Waals surface area contributed by atoms with E-state index in [2.05, 4.69) is 21.6 Å². The number of anilines is 2. The number of Topliss-reactive ketones (excluding diaryl/α,β-unsaturated/α-hetero) is 1. The summed E-state index contributed by atoms with van der Waals surface area (Å²) in [6.07, 6.45) is 0.890. The minimum absolute atomic E-state index is 0.0130. The van der Waals surface area contributed by atoms with Crippen LogP contribution in [0, 0.1) is 33.8 Å². The fourth-order valence-electron chi connectivity index (χ4n) is 5.32. The van der Waals surface area contributed by atoms with Crippen LogP contribution >= 0.6 is 23.1 Å². The molecule has 0 saturated heterocycles. The zero-order valence-electron chi connectivity index (χ0n) is 23.1. The molecule has 0 radical (unpaired) electrons. The molecule has 1 aliphatic carbocycles. The second-order valence-corrected chi connectivity index (χ2v) is 13.0. The fourth-order valence-corrected chi connectivity index (χ4v) is 7.00. The summed E-state index contributed by atoms with van der Waals surface area (Å²) < 4.78 is 0.482. The normalized spacial score (nSPS) is 18.0. The number of nitrogens with one attached hydrogen (secondary N) is 1. The quantitative estimate of drug-likeness (QED) is 0.202. The second kappa shape index (κ2) is 11.4. The Balaban J connectivity index is 1.44. The molecule has 2 aromatic carbocycles. The molecule has 0 spiro atoms. The number of nitro benzene ring substituents is 1. The molecule has 13 heteroatoms. The van der Waals surface area contributed by atoms with Gasteiger partial charge in [0, 0.05) is 35.5 Å². The summed E-state index contributed by atoms with van der Waals surface area (Å²) in [6.45, 7) is 6.00. The number of thioether (sulfide) groups is 1. The molecule has 1 atom stereocenters. The lowest BCUT2D eigenvalue weighted by molar-refractivity contribution is -0.384. The molecule has 1 unspecified atom stereocenters. The highest BCUT2D eigenvalue weighted by molar-refractivity contribution is 8.01. The highest BCUT2D eigenvalue weighted by Gasteiger charge is 2.45. The van der Waals surface area contributed by atoms with Gasteiger partial charge in [-0.1, -0.05) is 67.3 Å². The number of nitrogens with two attached hydrogens (primary N) is 1. The molecule has 11 nitrogen and oxygen atoms in total. The molecule has 0 saturated carbocycles. The zero-order valence-corrected chi connectivity index (χ0v) is 24.7. The third kappa shape index (κ3) is 5.63. The number of aromatic nitrogens is 2. The van der Waals surface area contributed by atoms with Gasteiger partial charge in [0.05, 0.1) is 28.2 Å². The minimum atomic E-state index is -0.578. The van der Waals surface area contributed by atoms with Crippen LogP contribution in [0.2, 0.25) is 0 Å². The van der Waals surface area contributed by atoms with Gasteiger partial charge in [-0.3, -0.25) is 24.6 Å². The van der Waals surface area contributed by atoms with Crippen LogP contribution in [0.4, 0.5) is 16.5 Å². The van der Waals surface area contributed by atoms with Crippen LogP contribution in [0.1, 0.15) is 43.7 Å². The molecular formula is C29H27N7O4S2. The van der Waals surface area contributed by atoms with Crippen molar-refractivity contribution in [2.24, 2.45) is 11.1 Å². The number of benzene rings is 2. The summed E-state index contributed by atoms with van der Waals surface area (Å²) in [4.78, 5) is 38.4. The average molecular weight is 602 g/mol. The Labute approximate surface area is 250 Å². The summed E-state index contributed by atoms with van der Waals surface area (Å²) in [5, 5.41) is 32.9. The predicted molar refractivity (Wildman–Crippen MR) is 161 cm³/mol. The number of ketones is 1. The highest BCUT2D eigenvalue weighted by Crippen LogP contribution is 2.51. The van der Waals surface area contributed by atoms with Gasteiger partial charge in [-0.2, -0.15) is 5.26 Å². The number of allylic oxidation sites excluding steroid dienone is 3. The monoisotopic (exact) mass is 601 g/mol. The smallest absolute Gasteiger partial charge is 0.271 e. The summed E-state index contributed by atoms with van der Waals surface area (Å²) in [5.41, 5.74) is 9.90. The van der Waals surface area contributed by atoms with Crippen LogP contribution in [0.5, 0.6) is 0 Å². The molecule has 0 fully saturated rings. The van der Waals surface area contributed by atoms with Crippen molar-refractivity contribution in [1.82, 2.24) is 10.2 Å². The third-order valence-corrected chi connectivity index (χ3v) is 9.18. The Morgan fingerprint density at radius 1 is 1.26 bits per heavy atom. The summed E-state index contributed by atoms with van der Waals surface area (Å²) in [5.74, 6) is -0.791. The standard InChI is InChI=1S/C29H27N7O4S2/c1-16-7-4-5-10-19(16)24-20(14-30)26(31)35(21-12-29(2,3)13-22(37)25(21)24)27-33-34-28(42-27)41-15-23(38)32-17-8-6-9-18(11-17)36(39)40/h4-11,24H,12-13,15,31H2,1-3H3,(H,32,38). The van der Waals surface area contributed by atoms with E-state index in [0.717, 1.165) is 22.9 Å². The molecule has 1 amide bonds. The van der Waals surface area contributed by atoms with Crippen LogP contribution in [0.15, 0.2) is 75.5 Å². The van der Waals surface area contributed by atoms with Crippen molar-refractivity contribution in [3.05, 3.63) is 92.4 Å². The Morgan fingerprint density at radius 2 is 2.02 bits per heavy atom. The number of hydrogen-bond acceptors (Lipinski definition) is 11. The molecule has 2 heterocycles. The Morgan fingerprint density at radius 3 is 2.74 bits per heavy atom. The van der Waals surface area contributed by atoms with E-state index in [1.165, 1.54) is 29.5 Å². The Hall–Kier alpha value is -4.54. The first-order chi connectivity index (χ1) is 20.0. The number of nitrogens with zero attached hydrogens (tertiary/aromatic N) is 5. The summed E-state index contributed by atoms with van der Waals surface area (Å²) >= 11 is 2.34. The van der Waals surface area contributed by atoms with E-state index in [-0.39, 0.29) is 39.9 Å². The first kappa shape index (κ1) is 29.0. The number of aryl methyl sites for hydroxylation is 1. The van der Waals surface area contributed by atoms with Gasteiger partial charge in [0.1, 0.15) is 5.82 Å². The zero-order chi connectivity index (χ0) is 30.2. The number of hydrogen-bond donors (Lipinski definition) is 2. The van der Waals surface area contributed by atoms with E-state index in [1.807, 2.05) is 45.0 Å². The number of carbonyl (C=O) groups is 2. The van der Waals surface area contributed by atoms with E-state index < -0.39 is 10.8 Å². The van der Waals surface area contributed by atoms with Crippen molar-refractivity contribution in [3.8, 4) is 6.07 Å². The van der Waals surface area contributed by atoms with Gasteiger partial charge in [-0.05, 0) is 36.0 Å². The molecule has 3 N–H and O–H groups in total. The maximum absolute atomic E-state index is 13.7. The van der Waals surface area contributed by atoms with Crippen molar-refractivity contribution in [2.75, 3.05) is 16.0 Å². The number of amides is 1. The first-order valence-electron chi connectivity index (χ1n) is 13.0. The van der Waals surface area contributed by atoms with E-state index >= 15 is 0 Å². The molecule has 0 bridgehead atoms. The van der Waals surface area contributed by atoms with Gasteiger partial charge in [0.25, 0.3) is 5.69 Å². The Kier molecular flexibility index (Phi) is 7.85. The molecular weight excluding hydrogens is 574 g/mol. The van der Waals surface area contributed by atoms with E-state index in [9.17, 15) is 25.0 Å². The molecule has 3 aromatic rings. The maximum atomic E-state index is 13.7. The predicted octanol–water partition coefficient (Wildman–Crippen LogP) is 5.43. The number of non-ortho nitro benzene ring substituents is 1. The highest BCUT2D eigenvalue weighted by atomic mass is 32.2. The third-order valence-electron chi connectivity index (χ3n) is 7.14. The average Bonchev–Trinajstić information content (AvgIpc) is 3.39. The second-order valence-electron chi connectivity index (χ2n) is 10.8. The lowest BCUT2D eigenvalue weighted by Crippen LogP contribution is -2.42. The SMILES string of the molecule is Cc1ccccc1C1C(C#N)=C(N)N(c2nnc(SCC(=O)Nc3cccc([N+](=O)[O-])c3)s2)C2=C1C(=O)CC(C)(C)C2. The van der Waals surface area contributed by atoms with E-state index in [0.29, 0.717) is 39.3 Å². The van der Waals surface area contributed by atoms with Crippen LogP contribution in [-0.2, 0) is 9.59 Å². The van der Waals surface area contributed by atoms with Gasteiger partial charge >= 0.3 is 0 Å². The van der Waals surface area contributed by atoms with Crippen molar-refractivity contribution in [1.29, 1.82) is 5.26 Å². The lowest BCUT2D eigenvalue weighted by atomic mass is 9.68. The van der Waals surface area contributed by atoms with Gasteiger partial charge in [-0.25, -0.2) is 0 Å². The number of rotatable bonds is 7. The molecule has 42 heavy (non-hydrogen) atoms. The van der Waals surface area contributed by atoms with Gasteiger partial charge in [0.15, 0.2) is 10.1 Å². The first-order valence-corrected chi connectivity index (χ1v) is 14.8. The van der Waals surface area contributed by atoms with Crippen molar-refractivity contribution >= 4 is 51.3 Å². The molecule has 2 aliphatic rings. The number of nitro groups is 1. The molecule has 5 rings (SSSR count). The minimum Gasteiger partial charge on any atom is -0.384 e. The van der Waals surface area contributed by atoms with Crippen molar-refractivity contribution < 1.29 is 14.5 Å². The van der Waals surface area contributed by atoms with Crippen LogP contribution in [0.3, 0.4) is 0 Å². The lowest BCUT2D eigenvalue weighted by Gasteiger charge is -2.42. The Bertz CT molecular complexity index is 1720. The van der Waals surface area contributed by atoms with Gasteiger partial charge in [0.2, 0.25) is 11.0 Å². The molecule has 1 aromatic heterocycles. The summed E-state index contributed by atoms with van der Waals surface area (Å²) in [7, 11) is 0. The van der Waals surface area contributed by atoms with Crippen LogP contribution in [0.25, 0.3) is 0 Å². The molecule has 214 valence electrons. The van der Waals surface area contributed by atoms with Crippen molar-refractivity contribution in [2.45, 2.75) is 43.9 Å². The fraction of sp³-hybridized carbons (Fsp3) is 0.276. The maximum Gasteiger partial charge on any atom is 0.271 e. The summed E-state index contributed by atoms with van der Waals surface area (Å²) in [6, 6.07) is 15.6. The van der Waals surface area contributed by atoms with Gasteiger partial charge in [-0.15, -0.1) is 10.2 Å². The topological polar surface area (TPSA) is 168 Å².